The molecule has 1 fully saturated rings. The first-order chi connectivity index (χ1) is 12.2. The fraction of sp³-hybridized carbons (Fsp3) is 0.737. The second kappa shape index (κ2) is 11.9. The van der Waals surface area contributed by atoms with Crippen LogP contribution in [0, 0.1) is 5.92 Å². The predicted molar refractivity (Wildman–Crippen MR) is 102 cm³/mol. The van der Waals surface area contributed by atoms with E-state index >= 15 is 0 Å². The number of hydrogen-bond acceptors (Lipinski definition) is 4. The van der Waals surface area contributed by atoms with Gasteiger partial charge in [0, 0.05) is 45.7 Å². The van der Waals surface area contributed by atoms with Crippen molar-refractivity contribution in [1.29, 1.82) is 0 Å². The van der Waals surface area contributed by atoms with Crippen molar-refractivity contribution in [2.75, 3.05) is 52.5 Å². The van der Waals surface area contributed by atoms with E-state index in [-0.39, 0.29) is 0 Å². The summed E-state index contributed by atoms with van der Waals surface area (Å²) in [5, 5.41) is 6.86. The Bertz CT molecular complexity index is 468. The van der Waals surface area contributed by atoms with E-state index in [2.05, 4.69) is 29.4 Å². The van der Waals surface area contributed by atoms with Crippen LogP contribution in [-0.4, -0.2) is 63.3 Å². The Hall–Kier alpha value is -1.53. The van der Waals surface area contributed by atoms with Gasteiger partial charge in [0.15, 0.2) is 5.96 Å². The van der Waals surface area contributed by atoms with Crippen molar-refractivity contribution >= 4 is 5.96 Å². The van der Waals surface area contributed by atoms with Gasteiger partial charge in [-0.3, -0.25) is 9.89 Å². The highest BCUT2D eigenvalue weighted by molar-refractivity contribution is 5.79. The summed E-state index contributed by atoms with van der Waals surface area (Å²) >= 11 is 0. The van der Waals surface area contributed by atoms with Gasteiger partial charge in [0.2, 0.25) is 0 Å². The number of nitrogens with zero attached hydrogens (tertiary/aromatic N) is 2. The molecule has 0 atom stereocenters. The number of rotatable bonds is 10. The number of furan rings is 1. The molecule has 142 valence electrons. The van der Waals surface area contributed by atoms with E-state index in [9.17, 15) is 0 Å². The van der Waals surface area contributed by atoms with Crippen molar-refractivity contribution in [3.63, 3.8) is 0 Å². The zero-order valence-electron chi connectivity index (χ0n) is 15.8. The van der Waals surface area contributed by atoms with E-state index in [4.69, 9.17) is 14.1 Å². The highest BCUT2D eigenvalue weighted by atomic mass is 16.5. The summed E-state index contributed by atoms with van der Waals surface area (Å²) in [7, 11) is 0. The molecule has 1 aromatic heterocycles. The van der Waals surface area contributed by atoms with E-state index in [1.807, 2.05) is 12.1 Å². The fourth-order valence-electron chi connectivity index (χ4n) is 2.72. The Morgan fingerprint density at radius 1 is 1.24 bits per heavy atom. The highest BCUT2D eigenvalue weighted by Gasteiger charge is 2.09. The minimum atomic E-state index is 0.693. The standard InChI is InChI=1S/C19H34N4O2/c1-17(2)6-9-21-19(22-10-7-18-5-3-14-25-18)20-8-4-11-23-12-15-24-16-13-23/h3,5,14,17H,4,6-13,15-16H2,1-2H3,(H2,20,21,22). The lowest BCUT2D eigenvalue weighted by molar-refractivity contribution is 0.0377. The lowest BCUT2D eigenvalue weighted by atomic mass is 10.1. The van der Waals surface area contributed by atoms with E-state index in [0.717, 1.165) is 83.5 Å². The molecule has 0 saturated carbocycles. The van der Waals surface area contributed by atoms with Gasteiger partial charge < -0.3 is 19.8 Å². The van der Waals surface area contributed by atoms with Crippen molar-refractivity contribution in [1.82, 2.24) is 15.5 Å². The largest absolute Gasteiger partial charge is 0.469 e. The van der Waals surface area contributed by atoms with Gasteiger partial charge in [-0.2, -0.15) is 0 Å². The van der Waals surface area contributed by atoms with Gasteiger partial charge in [-0.15, -0.1) is 0 Å². The van der Waals surface area contributed by atoms with Gasteiger partial charge in [-0.05, 0) is 30.9 Å². The first-order valence-corrected chi connectivity index (χ1v) is 9.58. The van der Waals surface area contributed by atoms with E-state index in [0.29, 0.717) is 5.92 Å². The first kappa shape index (κ1) is 19.8. The summed E-state index contributed by atoms with van der Waals surface area (Å²) in [6.45, 7) is 12.0. The van der Waals surface area contributed by atoms with Gasteiger partial charge in [-0.1, -0.05) is 13.8 Å². The number of nitrogens with one attached hydrogen (secondary N) is 2. The fourth-order valence-corrected chi connectivity index (χ4v) is 2.72. The molecule has 2 heterocycles. The normalized spacial score (nSPS) is 16.4. The molecule has 1 saturated heterocycles. The quantitative estimate of drug-likeness (QED) is 0.384. The second-order valence-corrected chi connectivity index (χ2v) is 6.90. The molecular weight excluding hydrogens is 316 g/mol. The molecule has 2 rings (SSSR count). The summed E-state index contributed by atoms with van der Waals surface area (Å²) in [4.78, 5) is 7.18. The number of aliphatic imine (C=N–C) groups is 1. The van der Waals surface area contributed by atoms with Crippen LogP contribution in [0.2, 0.25) is 0 Å². The molecule has 6 heteroatoms. The van der Waals surface area contributed by atoms with Gasteiger partial charge in [0.25, 0.3) is 0 Å². The van der Waals surface area contributed by atoms with E-state index in [1.165, 1.54) is 0 Å². The maximum Gasteiger partial charge on any atom is 0.191 e. The molecule has 0 aliphatic carbocycles. The third kappa shape index (κ3) is 8.93. The minimum absolute atomic E-state index is 0.693. The van der Waals surface area contributed by atoms with Crippen LogP contribution in [0.3, 0.4) is 0 Å². The van der Waals surface area contributed by atoms with Crippen LogP contribution in [-0.2, 0) is 11.2 Å². The van der Waals surface area contributed by atoms with Crippen molar-refractivity contribution in [3.8, 4) is 0 Å². The molecule has 25 heavy (non-hydrogen) atoms. The molecule has 2 N–H and O–H groups in total. The summed E-state index contributed by atoms with van der Waals surface area (Å²) in [6, 6.07) is 3.93. The van der Waals surface area contributed by atoms with E-state index < -0.39 is 0 Å². The lowest BCUT2D eigenvalue weighted by Gasteiger charge is -2.26. The molecule has 0 radical (unpaired) electrons. The average molecular weight is 351 g/mol. The zero-order chi connectivity index (χ0) is 17.7. The van der Waals surface area contributed by atoms with Crippen LogP contribution < -0.4 is 10.6 Å². The Kier molecular flexibility index (Phi) is 9.44. The molecule has 0 amide bonds. The van der Waals surface area contributed by atoms with Crippen LogP contribution >= 0.6 is 0 Å². The Morgan fingerprint density at radius 3 is 2.76 bits per heavy atom. The van der Waals surface area contributed by atoms with Gasteiger partial charge in [0.1, 0.15) is 5.76 Å². The number of hydrogen-bond donors (Lipinski definition) is 2. The zero-order valence-corrected chi connectivity index (χ0v) is 15.8. The van der Waals surface area contributed by atoms with E-state index in [1.54, 1.807) is 6.26 Å². The Balaban J connectivity index is 1.69. The van der Waals surface area contributed by atoms with Gasteiger partial charge in [-0.25, -0.2) is 0 Å². The molecule has 0 spiro atoms. The van der Waals surface area contributed by atoms with Crippen molar-refractivity contribution in [3.05, 3.63) is 24.2 Å². The first-order valence-electron chi connectivity index (χ1n) is 9.58. The molecule has 1 aliphatic rings. The molecule has 0 unspecified atom stereocenters. The van der Waals surface area contributed by atoms with Crippen LogP contribution in [0.4, 0.5) is 0 Å². The second-order valence-electron chi connectivity index (χ2n) is 6.90. The molecular formula is C19H34N4O2. The maximum absolute atomic E-state index is 5.39. The van der Waals surface area contributed by atoms with Gasteiger partial charge >= 0.3 is 0 Å². The lowest BCUT2D eigenvalue weighted by Crippen LogP contribution is -2.39. The predicted octanol–water partition coefficient (Wildman–Crippen LogP) is 2.13. The van der Waals surface area contributed by atoms with Crippen molar-refractivity contribution in [2.45, 2.75) is 33.1 Å². The van der Waals surface area contributed by atoms with Crippen LogP contribution in [0.1, 0.15) is 32.4 Å². The van der Waals surface area contributed by atoms with Crippen LogP contribution in [0.15, 0.2) is 27.8 Å². The molecule has 0 bridgehead atoms. The number of guanidine groups is 1. The topological polar surface area (TPSA) is 62.0 Å². The molecule has 1 aromatic rings. The number of morpholine rings is 1. The van der Waals surface area contributed by atoms with Crippen molar-refractivity contribution in [2.24, 2.45) is 10.9 Å². The average Bonchev–Trinajstić information content (AvgIpc) is 3.12. The summed E-state index contributed by atoms with van der Waals surface area (Å²) in [5.41, 5.74) is 0. The summed E-state index contributed by atoms with van der Waals surface area (Å²) < 4.78 is 10.8. The van der Waals surface area contributed by atoms with Crippen LogP contribution in [0.5, 0.6) is 0 Å². The summed E-state index contributed by atoms with van der Waals surface area (Å²) in [5.74, 6) is 2.61. The maximum atomic E-state index is 5.39. The third-order valence-corrected chi connectivity index (χ3v) is 4.26. The van der Waals surface area contributed by atoms with Crippen LogP contribution in [0.25, 0.3) is 0 Å². The highest BCUT2D eigenvalue weighted by Crippen LogP contribution is 2.00. The third-order valence-electron chi connectivity index (χ3n) is 4.26. The molecule has 0 aromatic carbocycles. The summed E-state index contributed by atoms with van der Waals surface area (Å²) in [6.07, 6.45) is 4.81. The Labute approximate surface area is 152 Å². The monoisotopic (exact) mass is 350 g/mol. The van der Waals surface area contributed by atoms with Crippen molar-refractivity contribution < 1.29 is 9.15 Å². The molecule has 1 aliphatic heterocycles. The Morgan fingerprint density at radius 2 is 2.04 bits per heavy atom. The van der Waals surface area contributed by atoms with Gasteiger partial charge in [0.05, 0.1) is 19.5 Å². The smallest absolute Gasteiger partial charge is 0.191 e. The molecule has 6 nitrogen and oxygen atoms in total. The minimum Gasteiger partial charge on any atom is -0.469 e. The SMILES string of the molecule is CC(C)CCNC(=NCCCN1CCOCC1)NCCc1ccco1. The number of ether oxygens (including phenoxy) is 1.